The van der Waals surface area contributed by atoms with Gasteiger partial charge in [0.15, 0.2) is 6.79 Å². The lowest BCUT2D eigenvalue weighted by molar-refractivity contribution is -0.0176. The van der Waals surface area contributed by atoms with E-state index in [1.54, 1.807) is 0 Å². The predicted molar refractivity (Wildman–Crippen MR) is 90.4 cm³/mol. The van der Waals surface area contributed by atoms with Crippen LogP contribution in [-0.4, -0.2) is 22.7 Å². The highest BCUT2D eigenvalue weighted by atomic mass is 35.5. The second-order valence-electron chi connectivity index (χ2n) is 5.98. The van der Waals surface area contributed by atoms with Gasteiger partial charge >= 0.3 is 0 Å². The van der Waals surface area contributed by atoms with Crippen molar-refractivity contribution in [2.24, 2.45) is 0 Å². The van der Waals surface area contributed by atoms with Crippen LogP contribution in [0.1, 0.15) is 30.7 Å². The lowest BCUT2D eigenvalue weighted by atomic mass is 10.1. The van der Waals surface area contributed by atoms with Gasteiger partial charge in [0.25, 0.3) is 0 Å². The summed E-state index contributed by atoms with van der Waals surface area (Å²) in [5.41, 5.74) is 3.17. The second kappa shape index (κ2) is 7.30. The van der Waals surface area contributed by atoms with E-state index in [-0.39, 0.29) is 0 Å². The Labute approximate surface area is 142 Å². The third kappa shape index (κ3) is 4.02. The van der Waals surface area contributed by atoms with Gasteiger partial charge in [-0.1, -0.05) is 17.7 Å². The molecule has 0 radical (unpaired) electrons. The van der Waals surface area contributed by atoms with E-state index >= 15 is 0 Å². The third-order valence-corrected chi connectivity index (χ3v) is 4.16. The lowest BCUT2D eigenvalue weighted by Gasteiger charge is -2.28. The molecule has 0 bridgehead atoms. The molecule has 0 aliphatic carbocycles. The molecule has 2 aromatic rings. The van der Waals surface area contributed by atoms with Gasteiger partial charge < -0.3 is 9.47 Å². The van der Waals surface area contributed by atoms with Gasteiger partial charge in [-0.25, -0.2) is 0 Å². The Morgan fingerprint density at radius 3 is 2.87 bits per heavy atom. The van der Waals surface area contributed by atoms with Crippen molar-refractivity contribution in [1.29, 1.82) is 0 Å². The predicted octanol–water partition coefficient (Wildman–Crippen LogP) is 4.01. The van der Waals surface area contributed by atoms with Crippen molar-refractivity contribution in [2.75, 3.05) is 6.79 Å². The highest BCUT2D eigenvalue weighted by Gasteiger charge is 2.20. The molecule has 23 heavy (non-hydrogen) atoms. The minimum Gasteiger partial charge on any atom is -0.467 e. The van der Waals surface area contributed by atoms with Crippen molar-refractivity contribution >= 4 is 11.6 Å². The molecule has 0 N–H and O–H groups in total. The Hall–Kier alpha value is -1.62. The van der Waals surface area contributed by atoms with Crippen molar-refractivity contribution in [3.8, 4) is 5.75 Å². The number of halogens is 1. The average Bonchev–Trinajstić information content (AvgIpc) is 2.55. The number of benzene rings is 1. The number of nitrogens with zero attached hydrogens (tertiary/aromatic N) is 2. The molecule has 0 unspecified atom stereocenters. The molecule has 0 fully saturated rings. The van der Waals surface area contributed by atoms with Crippen molar-refractivity contribution in [1.82, 2.24) is 9.88 Å². The number of ether oxygens (including phenoxy) is 2. The summed E-state index contributed by atoms with van der Waals surface area (Å²) >= 11 is 6.26. The van der Waals surface area contributed by atoms with Gasteiger partial charge in [0.2, 0.25) is 0 Å². The van der Waals surface area contributed by atoms with Crippen LogP contribution in [0.25, 0.3) is 0 Å². The summed E-state index contributed by atoms with van der Waals surface area (Å²) < 4.78 is 11.1. The van der Waals surface area contributed by atoms with E-state index in [9.17, 15) is 0 Å². The van der Waals surface area contributed by atoms with Crippen LogP contribution in [-0.2, 0) is 24.4 Å². The molecule has 0 amide bonds. The average molecular weight is 333 g/mol. The first kappa shape index (κ1) is 16.2. The summed E-state index contributed by atoms with van der Waals surface area (Å²) in [6, 6.07) is 10.3. The van der Waals surface area contributed by atoms with Gasteiger partial charge in [-0.3, -0.25) is 9.88 Å². The number of aromatic nitrogens is 1. The fraction of sp³-hybridized carbons (Fsp3) is 0.389. The fourth-order valence-corrected chi connectivity index (χ4v) is 2.98. The van der Waals surface area contributed by atoms with Crippen molar-refractivity contribution < 1.29 is 9.47 Å². The molecule has 5 heteroatoms. The first-order valence-corrected chi connectivity index (χ1v) is 8.17. The Morgan fingerprint density at radius 2 is 2.13 bits per heavy atom. The van der Waals surface area contributed by atoms with Crippen molar-refractivity contribution in [3.63, 3.8) is 0 Å². The van der Waals surface area contributed by atoms with Crippen LogP contribution in [0.15, 0.2) is 36.5 Å². The summed E-state index contributed by atoms with van der Waals surface area (Å²) in [6.45, 7) is 6.76. The van der Waals surface area contributed by atoms with E-state index in [0.29, 0.717) is 19.4 Å². The van der Waals surface area contributed by atoms with E-state index in [4.69, 9.17) is 21.1 Å². The lowest BCUT2D eigenvalue weighted by Crippen LogP contribution is -2.30. The Kier molecular flexibility index (Phi) is 5.16. The number of rotatable bonds is 5. The minimum atomic E-state index is 0.295. The molecule has 0 spiro atoms. The molecule has 4 nitrogen and oxygen atoms in total. The third-order valence-electron chi connectivity index (χ3n) is 3.95. The van der Waals surface area contributed by atoms with Gasteiger partial charge in [-0.2, -0.15) is 0 Å². The minimum absolute atomic E-state index is 0.295. The molecule has 0 atom stereocenters. The monoisotopic (exact) mass is 332 g/mol. The summed E-state index contributed by atoms with van der Waals surface area (Å²) in [5, 5.41) is 0.717. The van der Waals surface area contributed by atoms with E-state index in [2.05, 4.69) is 23.7 Å². The van der Waals surface area contributed by atoms with Crippen LogP contribution in [0, 0.1) is 0 Å². The number of fused-ring (bicyclic) bond motifs is 1. The molecule has 122 valence electrons. The van der Waals surface area contributed by atoms with Crippen LogP contribution in [0.5, 0.6) is 5.75 Å². The molecule has 1 aliphatic heterocycles. The van der Waals surface area contributed by atoms with Crippen LogP contribution in [0.3, 0.4) is 0 Å². The van der Waals surface area contributed by atoms with Crippen molar-refractivity contribution in [3.05, 3.63) is 58.4 Å². The molecule has 0 saturated carbocycles. The molecular weight excluding hydrogens is 312 g/mol. The Balaban J connectivity index is 1.84. The van der Waals surface area contributed by atoms with E-state index in [1.807, 2.05) is 36.5 Å². The van der Waals surface area contributed by atoms with E-state index < -0.39 is 0 Å². The maximum absolute atomic E-state index is 6.26. The molecule has 1 aromatic carbocycles. The zero-order chi connectivity index (χ0) is 16.2. The van der Waals surface area contributed by atoms with Crippen LogP contribution in [0.4, 0.5) is 0 Å². The molecule has 3 rings (SSSR count). The normalized spacial score (nSPS) is 14.0. The molecular formula is C18H21ClN2O2. The molecule has 1 aromatic heterocycles. The smallest absolute Gasteiger partial charge is 0.189 e. The first-order chi connectivity index (χ1) is 11.1. The topological polar surface area (TPSA) is 34.6 Å². The first-order valence-electron chi connectivity index (χ1n) is 7.79. The van der Waals surface area contributed by atoms with E-state index in [0.717, 1.165) is 40.7 Å². The van der Waals surface area contributed by atoms with Crippen molar-refractivity contribution in [2.45, 2.75) is 39.6 Å². The number of hydrogen-bond donors (Lipinski definition) is 0. The molecule has 2 heterocycles. The van der Waals surface area contributed by atoms with Gasteiger partial charge in [-0.15, -0.1) is 0 Å². The maximum Gasteiger partial charge on any atom is 0.189 e. The maximum atomic E-state index is 6.26. The highest BCUT2D eigenvalue weighted by molar-refractivity contribution is 6.30. The highest BCUT2D eigenvalue weighted by Crippen LogP contribution is 2.33. The van der Waals surface area contributed by atoms with Crippen LogP contribution < -0.4 is 4.74 Å². The SMILES string of the molecule is CC(C)N(Cc1ccccn1)Cc1cc(Cl)cc2c1OCOC2. The van der Waals surface area contributed by atoms with E-state index in [1.165, 1.54) is 0 Å². The standard InChI is InChI=1S/C18H21ClN2O2/c1-13(2)21(10-17-5-3-4-6-20-17)9-14-7-16(19)8-15-11-22-12-23-18(14)15/h3-8,13H,9-12H2,1-2H3. The zero-order valence-electron chi connectivity index (χ0n) is 13.5. The van der Waals surface area contributed by atoms with Gasteiger partial charge in [0, 0.05) is 41.5 Å². The number of hydrogen-bond acceptors (Lipinski definition) is 4. The zero-order valence-corrected chi connectivity index (χ0v) is 14.2. The second-order valence-corrected chi connectivity index (χ2v) is 6.42. The summed E-state index contributed by atoms with van der Waals surface area (Å²) in [6.07, 6.45) is 1.83. The van der Waals surface area contributed by atoms with Crippen LogP contribution in [0.2, 0.25) is 5.02 Å². The van der Waals surface area contributed by atoms with Gasteiger partial charge in [0.1, 0.15) is 5.75 Å². The summed E-state index contributed by atoms with van der Waals surface area (Å²) in [5.74, 6) is 0.910. The summed E-state index contributed by atoms with van der Waals surface area (Å²) in [4.78, 5) is 6.78. The number of pyridine rings is 1. The summed E-state index contributed by atoms with van der Waals surface area (Å²) in [7, 11) is 0. The fourth-order valence-electron chi connectivity index (χ4n) is 2.71. The largest absolute Gasteiger partial charge is 0.467 e. The Bertz CT molecular complexity index is 662. The quantitative estimate of drug-likeness (QED) is 0.828. The molecule has 0 saturated heterocycles. The van der Waals surface area contributed by atoms with Gasteiger partial charge in [-0.05, 0) is 38.1 Å². The molecule has 1 aliphatic rings. The Morgan fingerprint density at radius 1 is 1.26 bits per heavy atom. The van der Waals surface area contributed by atoms with Gasteiger partial charge in [0.05, 0.1) is 12.3 Å². The van der Waals surface area contributed by atoms with Crippen LogP contribution >= 0.6 is 11.6 Å².